The molecule has 2 atom stereocenters. The van der Waals surface area contributed by atoms with Crippen LogP contribution in [-0.2, 0) is 0 Å². The van der Waals surface area contributed by atoms with Crippen molar-refractivity contribution < 1.29 is 4.74 Å². The van der Waals surface area contributed by atoms with Crippen molar-refractivity contribution in [2.45, 2.75) is 25.6 Å². The Morgan fingerprint density at radius 2 is 2.00 bits per heavy atom. The molecule has 3 heterocycles. The number of hydrogen-bond donors (Lipinski definition) is 0. The highest BCUT2D eigenvalue weighted by molar-refractivity contribution is 9.10. The third-order valence-corrected chi connectivity index (χ3v) is 6.32. The molecule has 130 valence electrons. The zero-order chi connectivity index (χ0) is 17.7. The number of thiophene rings is 1. The quantitative estimate of drug-likeness (QED) is 0.499. The third-order valence-electron chi connectivity index (χ3n) is 4.92. The van der Waals surface area contributed by atoms with Crippen LogP contribution in [0, 0.1) is 6.92 Å². The van der Waals surface area contributed by atoms with Crippen LogP contribution in [-0.4, -0.2) is 10.7 Å². The molecule has 0 N–H and O–H groups in total. The van der Waals surface area contributed by atoms with Crippen molar-refractivity contribution in [2.75, 3.05) is 0 Å². The van der Waals surface area contributed by atoms with Crippen LogP contribution in [0.2, 0.25) is 0 Å². The Bertz CT molecular complexity index is 982. The average molecular weight is 425 g/mol. The Balaban J connectivity index is 1.60. The fraction of sp³-hybridized carbons (Fsp3) is 0.190. The van der Waals surface area contributed by atoms with Gasteiger partial charge < -0.3 is 4.74 Å². The van der Waals surface area contributed by atoms with E-state index in [0.29, 0.717) is 0 Å². The van der Waals surface area contributed by atoms with Crippen molar-refractivity contribution in [1.29, 1.82) is 0 Å². The molecule has 0 radical (unpaired) electrons. The lowest BCUT2D eigenvalue weighted by atomic mass is 9.96. The van der Waals surface area contributed by atoms with Crippen molar-refractivity contribution in [2.24, 2.45) is 5.10 Å². The molecule has 5 heteroatoms. The molecule has 1 aromatic heterocycles. The molecule has 26 heavy (non-hydrogen) atoms. The minimum atomic E-state index is -0.170. The Labute approximate surface area is 165 Å². The first kappa shape index (κ1) is 16.1. The van der Waals surface area contributed by atoms with Gasteiger partial charge in [0.1, 0.15) is 5.75 Å². The normalized spacial score (nSPS) is 21.0. The molecular formula is C21H17BrN2OS. The highest BCUT2D eigenvalue weighted by Crippen LogP contribution is 2.48. The summed E-state index contributed by atoms with van der Waals surface area (Å²) in [5.41, 5.74) is 4.76. The fourth-order valence-electron chi connectivity index (χ4n) is 3.60. The number of fused-ring (bicyclic) bond motifs is 3. The monoisotopic (exact) mass is 424 g/mol. The molecule has 3 nitrogen and oxygen atoms in total. The number of benzene rings is 2. The summed E-state index contributed by atoms with van der Waals surface area (Å²) >= 11 is 5.31. The van der Waals surface area contributed by atoms with E-state index in [1.165, 1.54) is 21.6 Å². The maximum absolute atomic E-state index is 6.36. The smallest absolute Gasteiger partial charge is 0.222 e. The van der Waals surface area contributed by atoms with Crippen LogP contribution in [0.25, 0.3) is 0 Å². The molecule has 0 amide bonds. The van der Waals surface area contributed by atoms with Crippen LogP contribution in [0.4, 0.5) is 0 Å². The van der Waals surface area contributed by atoms with Crippen molar-refractivity contribution in [3.05, 3.63) is 86.0 Å². The Morgan fingerprint density at radius 3 is 2.77 bits per heavy atom. The summed E-state index contributed by atoms with van der Waals surface area (Å²) in [5, 5.41) is 9.22. The van der Waals surface area contributed by atoms with E-state index in [0.717, 1.165) is 22.4 Å². The lowest BCUT2D eigenvalue weighted by molar-refractivity contribution is -0.0166. The number of hydrazone groups is 1. The van der Waals surface area contributed by atoms with E-state index in [1.807, 2.05) is 6.07 Å². The predicted molar refractivity (Wildman–Crippen MR) is 109 cm³/mol. The van der Waals surface area contributed by atoms with E-state index in [2.05, 4.69) is 81.8 Å². The second-order valence-electron chi connectivity index (χ2n) is 6.68. The van der Waals surface area contributed by atoms with Crippen LogP contribution in [0.3, 0.4) is 0 Å². The van der Waals surface area contributed by atoms with Gasteiger partial charge in [0.15, 0.2) is 0 Å². The molecule has 2 aliphatic heterocycles. The molecule has 0 bridgehead atoms. The summed E-state index contributed by atoms with van der Waals surface area (Å²) < 4.78 is 7.42. The Hall–Kier alpha value is -2.11. The molecule has 0 aliphatic carbocycles. The summed E-state index contributed by atoms with van der Waals surface area (Å²) in [7, 11) is 0. The molecule has 0 fully saturated rings. The first-order valence-electron chi connectivity index (χ1n) is 8.61. The van der Waals surface area contributed by atoms with Crippen LogP contribution >= 0.6 is 27.3 Å². The molecule has 5 rings (SSSR count). The lowest BCUT2D eigenvalue weighted by Crippen LogP contribution is -2.33. The van der Waals surface area contributed by atoms with E-state index in [-0.39, 0.29) is 12.3 Å². The van der Waals surface area contributed by atoms with Gasteiger partial charge >= 0.3 is 0 Å². The highest BCUT2D eigenvalue weighted by Gasteiger charge is 2.41. The highest BCUT2D eigenvalue weighted by atomic mass is 79.9. The van der Waals surface area contributed by atoms with E-state index in [1.54, 1.807) is 11.3 Å². The van der Waals surface area contributed by atoms with Crippen LogP contribution in [0.1, 0.15) is 40.3 Å². The third kappa shape index (κ3) is 2.66. The number of nitrogens with zero attached hydrogens (tertiary/aromatic N) is 2. The number of aryl methyl sites for hydroxylation is 1. The molecule has 0 saturated carbocycles. The number of ether oxygens (including phenoxy) is 1. The van der Waals surface area contributed by atoms with Gasteiger partial charge in [-0.1, -0.05) is 51.8 Å². The zero-order valence-corrected chi connectivity index (χ0v) is 16.6. The molecule has 2 aromatic carbocycles. The van der Waals surface area contributed by atoms with Gasteiger partial charge in [-0.15, -0.1) is 11.3 Å². The second-order valence-corrected chi connectivity index (χ2v) is 8.58. The Kier molecular flexibility index (Phi) is 3.87. The van der Waals surface area contributed by atoms with Gasteiger partial charge in [0.2, 0.25) is 6.23 Å². The van der Waals surface area contributed by atoms with Crippen molar-refractivity contribution in [3.8, 4) is 5.75 Å². The van der Waals surface area contributed by atoms with E-state index in [9.17, 15) is 0 Å². The summed E-state index contributed by atoms with van der Waals surface area (Å²) in [4.78, 5) is 1.18. The summed E-state index contributed by atoms with van der Waals surface area (Å²) in [6.45, 7) is 2.11. The molecular weight excluding hydrogens is 408 g/mol. The van der Waals surface area contributed by atoms with E-state index in [4.69, 9.17) is 9.84 Å². The molecule has 0 spiro atoms. The fourth-order valence-corrected chi connectivity index (χ4v) is 4.72. The first-order chi connectivity index (χ1) is 12.7. The van der Waals surface area contributed by atoms with Gasteiger partial charge in [-0.25, -0.2) is 5.01 Å². The van der Waals surface area contributed by atoms with Crippen LogP contribution in [0.5, 0.6) is 5.75 Å². The van der Waals surface area contributed by atoms with E-state index >= 15 is 0 Å². The van der Waals surface area contributed by atoms with Gasteiger partial charge in [-0.2, -0.15) is 5.10 Å². The minimum Gasteiger partial charge on any atom is -0.464 e. The molecule has 3 aromatic rings. The maximum Gasteiger partial charge on any atom is 0.222 e. The van der Waals surface area contributed by atoms with E-state index < -0.39 is 0 Å². The van der Waals surface area contributed by atoms with Crippen LogP contribution < -0.4 is 4.74 Å². The standard InChI is InChI=1S/C21H17BrN2OS/c1-13-4-6-14(7-5-13)17-12-18-16-11-15(22)8-9-19(16)25-21(24(18)23-17)20-3-2-10-26-20/h2-11,18,21H,12H2,1H3/t18-,21-/m1/s1. The predicted octanol–water partition coefficient (Wildman–Crippen LogP) is 6.06. The molecule has 0 saturated heterocycles. The van der Waals surface area contributed by atoms with Gasteiger partial charge in [0, 0.05) is 16.5 Å². The number of hydrogen-bond acceptors (Lipinski definition) is 4. The van der Waals surface area contributed by atoms with Crippen molar-refractivity contribution in [3.63, 3.8) is 0 Å². The van der Waals surface area contributed by atoms with Gasteiger partial charge in [0.25, 0.3) is 0 Å². The average Bonchev–Trinajstić information content (AvgIpc) is 3.32. The number of halogens is 1. The summed E-state index contributed by atoms with van der Waals surface area (Å²) in [5.74, 6) is 0.952. The molecule has 0 unspecified atom stereocenters. The molecule has 2 aliphatic rings. The minimum absolute atomic E-state index is 0.170. The van der Waals surface area contributed by atoms with Crippen LogP contribution in [0.15, 0.2) is 69.6 Å². The zero-order valence-electron chi connectivity index (χ0n) is 14.2. The summed E-state index contributed by atoms with van der Waals surface area (Å²) in [6.07, 6.45) is 0.717. The van der Waals surface area contributed by atoms with Crippen molar-refractivity contribution >= 4 is 33.0 Å². The van der Waals surface area contributed by atoms with Gasteiger partial charge in [-0.05, 0) is 42.1 Å². The largest absolute Gasteiger partial charge is 0.464 e. The SMILES string of the molecule is Cc1ccc(C2=NN3[C@H](C2)c2cc(Br)ccc2O[C@@H]3c2cccs2)cc1. The lowest BCUT2D eigenvalue weighted by Gasteiger charge is -2.37. The maximum atomic E-state index is 6.36. The topological polar surface area (TPSA) is 24.8 Å². The van der Waals surface area contributed by atoms with Gasteiger partial charge in [-0.3, -0.25) is 0 Å². The number of rotatable bonds is 2. The second kappa shape index (κ2) is 6.25. The first-order valence-corrected chi connectivity index (χ1v) is 10.3. The van der Waals surface area contributed by atoms with Crippen molar-refractivity contribution in [1.82, 2.24) is 5.01 Å². The summed E-state index contributed by atoms with van der Waals surface area (Å²) in [6, 6.07) is 19.2. The Morgan fingerprint density at radius 1 is 1.15 bits per heavy atom. The van der Waals surface area contributed by atoms with Gasteiger partial charge in [0.05, 0.1) is 16.6 Å².